The van der Waals surface area contributed by atoms with Gasteiger partial charge in [0.2, 0.25) is 0 Å². The zero-order valence-electron chi connectivity index (χ0n) is 34.3. The summed E-state index contributed by atoms with van der Waals surface area (Å²) in [6.45, 7) is 12.1. The standard InChI is InChI=1S/C45H76O8/c1-7-8-9-10-11-12-13-14-15-16-17-18-19-20-21-22-41(49)53-52-40(25-26-42(3,4)50)32(2)33-24-28-45(51)35-29-37(46)36-30-38(47)39(48)31-43(36,5)34(35)23-27-44(33,45)6/h14-15,29,32-34,36,38-40,47-48,50-51H,7-13,16-28,30-31H2,1-6H3/b15-14-/t32?,33-,34?,36+,38-,39+,40-,43-,44-,45-/m1/s1. The van der Waals surface area contributed by atoms with Crippen LogP contribution in [-0.4, -0.2) is 61.7 Å². The van der Waals surface area contributed by atoms with E-state index in [4.69, 9.17) is 9.78 Å². The van der Waals surface area contributed by atoms with Crippen LogP contribution in [0.2, 0.25) is 0 Å². The quantitative estimate of drug-likeness (QED) is 0.0373. The van der Waals surface area contributed by atoms with Crippen LogP contribution >= 0.6 is 0 Å². The predicted molar refractivity (Wildman–Crippen MR) is 210 cm³/mol. The maximum atomic E-state index is 13.6. The van der Waals surface area contributed by atoms with Gasteiger partial charge in [-0.25, -0.2) is 4.79 Å². The number of aliphatic hydroxyl groups excluding tert-OH is 2. The Balaban J connectivity index is 1.27. The van der Waals surface area contributed by atoms with Gasteiger partial charge in [0, 0.05) is 17.8 Å². The molecule has 0 aromatic carbocycles. The molecular weight excluding hydrogens is 668 g/mol. The number of carbonyl (C=O) groups is 2. The van der Waals surface area contributed by atoms with Gasteiger partial charge in [-0.3, -0.25) is 9.68 Å². The zero-order chi connectivity index (χ0) is 38.9. The maximum absolute atomic E-state index is 13.6. The third-order valence-electron chi connectivity index (χ3n) is 14.4. The molecule has 0 aromatic heterocycles. The smallest absolute Gasteiger partial charge is 0.342 e. The summed E-state index contributed by atoms with van der Waals surface area (Å²) in [7, 11) is 0. The van der Waals surface area contributed by atoms with E-state index in [1.54, 1.807) is 19.9 Å². The Morgan fingerprint density at radius 3 is 2.19 bits per heavy atom. The molecule has 10 atom stereocenters. The SMILES string of the molecule is CCCCCCCC/C=C\CCCCCCCC(=O)OO[C@H](CCC(C)(C)O)C(C)[C@H]1CC[C@@]2(O)C3=CC(=O)[C@@H]4C[C@@H](O)[C@@H](O)C[C@]4(C)C3CC[C@]12C. The number of hydrogen-bond donors (Lipinski definition) is 4. The van der Waals surface area contributed by atoms with Gasteiger partial charge in [-0.2, -0.15) is 4.89 Å². The second kappa shape index (κ2) is 19.5. The van der Waals surface area contributed by atoms with E-state index in [0.717, 1.165) is 56.9 Å². The first-order valence-electron chi connectivity index (χ1n) is 21.7. The molecule has 4 aliphatic rings. The van der Waals surface area contributed by atoms with Crippen molar-refractivity contribution in [3.05, 3.63) is 23.8 Å². The van der Waals surface area contributed by atoms with Crippen LogP contribution in [-0.2, 0) is 19.4 Å². The molecule has 0 heterocycles. The van der Waals surface area contributed by atoms with Crippen LogP contribution in [0.4, 0.5) is 0 Å². The summed E-state index contributed by atoms with van der Waals surface area (Å²) in [4.78, 5) is 37.8. The summed E-state index contributed by atoms with van der Waals surface area (Å²) in [5, 5.41) is 44.3. The van der Waals surface area contributed by atoms with E-state index in [9.17, 15) is 30.0 Å². The molecule has 53 heavy (non-hydrogen) atoms. The van der Waals surface area contributed by atoms with Crippen LogP contribution in [0.5, 0.6) is 0 Å². The van der Waals surface area contributed by atoms with E-state index in [2.05, 4.69) is 39.8 Å². The van der Waals surface area contributed by atoms with Crippen molar-refractivity contribution in [1.29, 1.82) is 0 Å². The molecule has 8 heteroatoms. The zero-order valence-corrected chi connectivity index (χ0v) is 34.3. The molecule has 304 valence electrons. The van der Waals surface area contributed by atoms with Gasteiger partial charge in [0.25, 0.3) is 0 Å². The molecule has 0 aromatic rings. The summed E-state index contributed by atoms with van der Waals surface area (Å²) in [6.07, 6.45) is 24.3. The van der Waals surface area contributed by atoms with Gasteiger partial charge in [0.1, 0.15) is 6.10 Å². The Hall–Kier alpha value is -1.58. The fourth-order valence-corrected chi connectivity index (χ4v) is 10.9. The molecular formula is C45H76O8. The Morgan fingerprint density at radius 2 is 1.55 bits per heavy atom. The van der Waals surface area contributed by atoms with Crippen molar-refractivity contribution in [3.8, 4) is 0 Å². The molecule has 8 nitrogen and oxygen atoms in total. The van der Waals surface area contributed by atoms with E-state index in [0.29, 0.717) is 32.1 Å². The van der Waals surface area contributed by atoms with Crippen LogP contribution < -0.4 is 0 Å². The molecule has 0 bridgehead atoms. The first-order chi connectivity index (χ1) is 25.1. The molecule has 4 N–H and O–H groups in total. The van der Waals surface area contributed by atoms with Crippen molar-refractivity contribution < 1.29 is 39.8 Å². The number of rotatable bonds is 22. The number of fused-ring (bicyclic) bond motifs is 5. The second-order valence-electron chi connectivity index (χ2n) is 18.8. The minimum absolute atomic E-state index is 0.0321. The number of carbonyl (C=O) groups excluding carboxylic acids is 2. The van der Waals surface area contributed by atoms with Crippen molar-refractivity contribution in [1.82, 2.24) is 0 Å². The highest BCUT2D eigenvalue weighted by Gasteiger charge is 2.67. The van der Waals surface area contributed by atoms with Crippen molar-refractivity contribution in [2.75, 3.05) is 0 Å². The normalized spacial score (nSPS) is 34.0. The third-order valence-corrected chi connectivity index (χ3v) is 14.4. The molecule has 2 unspecified atom stereocenters. The maximum Gasteiger partial charge on any atom is 0.342 e. The minimum Gasteiger partial charge on any atom is -0.390 e. The molecule has 3 fully saturated rings. The summed E-state index contributed by atoms with van der Waals surface area (Å²) >= 11 is 0. The molecule has 0 amide bonds. The highest BCUT2D eigenvalue weighted by molar-refractivity contribution is 5.95. The van der Waals surface area contributed by atoms with Gasteiger partial charge in [-0.15, -0.1) is 0 Å². The summed E-state index contributed by atoms with van der Waals surface area (Å²) in [6, 6.07) is 0. The van der Waals surface area contributed by atoms with Crippen LogP contribution in [0.1, 0.15) is 183 Å². The molecule has 0 saturated heterocycles. The van der Waals surface area contributed by atoms with Crippen molar-refractivity contribution >= 4 is 11.8 Å². The topological polar surface area (TPSA) is 134 Å². The fraction of sp³-hybridized carbons (Fsp3) is 0.867. The molecule has 0 spiro atoms. The first kappa shape index (κ1) is 44.1. The lowest BCUT2D eigenvalue weighted by Gasteiger charge is -2.60. The largest absolute Gasteiger partial charge is 0.390 e. The van der Waals surface area contributed by atoms with Crippen LogP contribution in [0.3, 0.4) is 0 Å². The average molecular weight is 745 g/mol. The van der Waals surface area contributed by atoms with E-state index < -0.39 is 40.3 Å². The summed E-state index contributed by atoms with van der Waals surface area (Å²) < 4.78 is 0. The van der Waals surface area contributed by atoms with Gasteiger partial charge in [-0.05, 0) is 132 Å². The Morgan fingerprint density at radius 1 is 0.925 bits per heavy atom. The molecule has 0 radical (unpaired) electrons. The second-order valence-corrected chi connectivity index (χ2v) is 18.8. The lowest BCUT2D eigenvalue weighted by atomic mass is 9.46. The molecule has 0 aliphatic heterocycles. The number of allylic oxidation sites excluding steroid dienone is 3. The van der Waals surface area contributed by atoms with Crippen molar-refractivity contribution in [2.24, 2.45) is 34.5 Å². The highest BCUT2D eigenvalue weighted by atomic mass is 17.2. The molecule has 3 saturated carbocycles. The average Bonchev–Trinajstić information content (AvgIpc) is 3.38. The summed E-state index contributed by atoms with van der Waals surface area (Å²) in [5.74, 6) is -0.881. The predicted octanol–water partition coefficient (Wildman–Crippen LogP) is 9.26. The van der Waals surface area contributed by atoms with Crippen molar-refractivity contribution in [3.63, 3.8) is 0 Å². The van der Waals surface area contributed by atoms with Gasteiger partial charge in [-0.1, -0.05) is 91.2 Å². The summed E-state index contributed by atoms with van der Waals surface area (Å²) in [5.41, 5.74) is -2.34. The lowest BCUT2D eigenvalue weighted by molar-refractivity contribution is -0.312. The number of unbranched alkanes of at least 4 members (excludes halogenated alkanes) is 11. The minimum atomic E-state index is -1.18. The number of hydrogen-bond acceptors (Lipinski definition) is 8. The number of ketones is 1. The van der Waals surface area contributed by atoms with Gasteiger partial charge < -0.3 is 20.4 Å². The van der Waals surface area contributed by atoms with Gasteiger partial charge >= 0.3 is 5.97 Å². The molecule has 4 aliphatic carbocycles. The molecule has 4 rings (SSSR count). The monoisotopic (exact) mass is 745 g/mol. The lowest BCUT2D eigenvalue weighted by Crippen LogP contribution is -2.61. The van der Waals surface area contributed by atoms with Crippen LogP contribution in [0, 0.1) is 34.5 Å². The highest BCUT2D eigenvalue weighted by Crippen LogP contribution is 2.68. The van der Waals surface area contributed by atoms with Gasteiger partial charge in [0.05, 0.1) is 23.4 Å². The van der Waals surface area contributed by atoms with E-state index in [1.807, 2.05) is 0 Å². The van der Waals surface area contributed by atoms with Crippen molar-refractivity contribution in [2.45, 2.75) is 212 Å². The number of aliphatic hydroxyl groups is 4. The van der Waals surface area contributed by atoms with Crippen LogP contribution in [0.15, 0.2) is 23.8 Å². The van der Waals surface area contributed by atoms with Crippen LogP contribution in [0.25, 0.3) is 0 Å². The fourth-order valence-electron chi connectivity index (χ4n) is 10.9. The first-order valence-corrected chi connectivity index (χ1v) is 21.7. The third kappa shape index (κ3) is 10.8. The van der Waals surface area contributed by atoms with E-state index in [-0.39, 0.29) is 41.8 Å². The van der Waals surface area contributed by atoms with E-state index in [1.165, 1.54) is 51.4 Å². The Labute approximate surface area is 321 Å². The van der Waals surface area contributed by atoms with E-state index >= 15 is 0 Å². The Bertz CT molecular complexity index is 1240. The Kier molecular flexibility index (Phi) is 16.3. The van der Waals surface area contributed by atoms with Gasteiger partial charge in [0.15, 0.2) is 5.78 Å².